The zero-order valence-electron chi connectivity index (χ0n) is 24.0. The van der Waals surface area contributed by atoms with E-state index in [9.17, 15) is 9.90 Å². The Balaban J connectivity index is 1.39. The summed E-state index contributed by atoms with van der Waals surface area (Å²) in [6.07, 6.45) is 10.5. The first-order valence-corrected chi connectivity index (χ1v) is 16.2. The van der Waals surface area contributed by atoms with Crippen molar-refractivity contribution in [1.29, 1.82) is 0 Å². The number of nitrogens with zero attached hydrogens (tertiary/aromatic N) is 1. The number of amides is 1. The van der Waals surface area contributed by atoms with E-state index in [1.54, 1.807) is 7.11 Å². The Morgan fingerprint density at radius 1 is 1.22 bits per heavy atom. The first-order valence-electron chi connectivity index (χ1n) is 15.0. The van der Waals surface area contributed by atoms with Crippen molar-refractivity contribution in [3.05, 3.63) is 70.3 Å². The number of hydrogen-bond acceptors (Lipinski definition) is 6. The lowest BCUT2D eigenvalue weighted by atomic mass is 9.68. The largest absolute Gasteiger partial charge is 0.490 e. The number of anilines is 1. The maximum atomic E-state index is 13.3. The smallest absolute Gasteiger partial charge is 0.261 e. The molecule has 0 saturated heterocycles. The molecular formula is C33H41ClN2O4S. The normalized spacial score (nSPS) is 32.5. The molecule has 1 spiro atoms. The molecule has 4 aliphatic rings. The molecule has 1 fully saturated rings. The molecule has 2 aliphatic carbocycles. The molecule has 6 rings (SSSR count). The quantitative estimate of drug-likeness (QED) is 0.318. The maximum Gasteiger partial charge on any atom is 0.261 e. The third-order valence-electron chi connectivity index (χ3n) is 9.72. The van der Waals surface area contributed by atoms with Crippen molar-refractivity contribution in [2.45, 2.75) is 62.2 Å². The summed E-state index contributed by atoms with van der Waals surface area (Å²) in [5.74, 6) is 1.61. The summed E-state index contributed by atoms with van der Waals surface area (Å²) in [6, 6.07) is 12.2. The fourth-order valence-electron chi connectivity index (χ4n) is 7.36. The number of rotatable bonds is 2. The number of halogens is 1. The van der Waals surface area contributed by atoms with Gasteiger partial charge in [0.15, 0.2) is 0 Å². The van der Waals surface area contributed by atoms with Crippen molar-refractivity contribution in [3.63, 3.8) is 0 Å². The second-order valence-electron chi connectivity index (χ2n) is 12.4. The number of methoxy groups -OCH3 is 1. The molecule has 41 heavy (non-hydrogen) atoms. The van der Waals surface area contributed by atoms with Crippen LogP contribution in [0.25, 0.3) is 0 Å². The first-order chi connectivity index (χ1) is 19.9. The summed E-state index contributed by atoms with van der Waals surface area (Å²) in [4.78, 5) is 15.8. The van der Waals surface area contributed by atoms with Crippen LogP contribution in [0.3, 0.4) is 0 Å². The Bertz CT molecular complexity index is 1300. The zero-order valence-corrected chi connectivity index (χ0v) is 25.6. The van der Waals surface area contributed by atoms with E-state index in [1.165, 1.54) is 23.1 Å². The van der Waals surface area contributed by atoms with Crippen LogP contribution < -0.4 is 14.4 Å². The van der Waals surface area contributed by atoms with Gasteiger partial charge in [-0.3, -0.25) is 9.52 Å². The molecule has 6 atom stereocenters. The predicted octanol–water partition coefficient (Wildman–Crippen LogP) is 6.19. The third-order valence-corrected chi connectivity index (χ3v) is 10.9. The predicted molar refractivity (Wildman–Crippen MR) is 166 cm³/mol. The Hall–Kier alpha value is -2.19. The number of fused-ring (bicyclic) bond motifs is 4. The van der Waals surface area contributed by atoms with Gasteiger partial charge in [0.2, 0.25) is 0 Å². The SMILES string of the molecule is CO[C@H]1/C=C\[C@H](CO)C[C@@H](C)SNC(=O)c2ccc3c(c2)N(C[C@@H]2CC[C@H]21)C[C@@]1(CCCc2cc(Cl)ccc21)CO3. The lowest BCUT2D eigenvalue weighted by Crippen LogP contribution is -2.49. The molecule has 8 heteroatoms. The van der Waals surface area contributed by atoms with Crippen LogP contribution in [0, 0.1) is 17.8 Å². The fraction of sp³-hybridized carbons (Fsp3) is 0.545. The highest BCUT2D eigenvalue weighted by atomic mass is 35.5. The molecule has 0 radical (unpaired) electrons. The van der Waals surface area contributed by atoms with Crippen LogP contribution in [0.2, 0.25) is 5.02 Å². The van der Waals surface area contributed by atoms with E-state index in [4.69, 9.17) is 21.1 Å². The second kappa shape index (κ2) is 12.2. The number of aliphatic hydroxyl groups excluding tert-OH is 1. The number of aliphatic hydroxyl groups is 1. The molecular weight excluding hydrogens is 556 g/mol. The summed E-state index contributed by atoms with van der Waals surface area (Å²) in [7, 11) is 1.80. The highest BCUT2D eigenvalue weighted by Crippen LogP contribution is 2.47. The van der Waals surface area contributed by atoms with E-state index >= 15 is 0 Å². The fourth-order valence-corrected chi connectivity index (χ4v) is 8.32. The molecule has 2 heterocycles. The van der Waals surface area contributed by atoms with Crippen LogP contribution >= 0.6 is 23.5 Å². The monoisotopic (exact) mass is 596 g/mol. The molecule has 2 aliphatic heterocycles. The minimum Gasteiger partial charge on any atom is -0.490 e. The van der Waals surface area contributed by atoms with Gasteiger partial charge in [0.1, 0.15) is 5.75 Å². The molecule has 220 valence electrons. The molecule has 1 saturated carbocycles. The molecule has 2 aromatic rings. The Kier molecular flexibility index (Phi) is 8.60. The molecule has 0 unspecified atom stereocenters. The lowest BCUT2D eigenvalue weighted by molar-refractivity contribution is 0.0129. The van der Waals surface area contributed by atoms with E-state index in [0.29, 0.717) is 24.0 Å². The molecule has 0 aromatic heterocycles. The minimum atomic E-state index is -0.153. The van der Waals surface area contributed by atoms with E-state index in [0.717, 1.165) is 68.1 Å². The van der Waals surface area contributed by atoms with Crippen molar-refractivity contribution >= 4 is 35.1 Å². The average molecular weight is 597 g/mol. The van der Waals surface area contributed by atoms with Crippen LogP contribution in [0.4, 0.5) is 5.69 Å². The zero-order chi connectivity index (χ0) is 28.6. The second-order valence-corrected chi connectivity index (χ2v) is 14.1. The van der Waals surface area contributed by atoms with Gasteiger partial charge >= 0.3 is 0 Å². The molecule has 2 aromatic carbocycles. The Labute approximate surface area is 252 Å². The topological polar surface area (TPSA) is 71.0 Å². The Morgan fingerprint density at radius 3 is 2.88 bits per heavy atom. The van der Waals surface area contributed by atoms with E-state index in [-0.39, 0.29) is 35.2 Å². The van der Waals surface area contributed by atoms with Gasteiger partial charge < -0.3 is 19.5 Å². The number of nitrogens with one attached hydrogen (secondary N) is 1. The molecule has 2 N–H and O–H groups in total. The number of hydrogen-bond donors (Lipinski definition) is 2. The average Bonchev–Trinajstić information content (AvgIpc) is 3.11. The van der Waals surface area contributed by atoms with Gasteiger partial charge in [-0.2, -0.15) is 0 Å². The van der Waals surface area contributed by atoms with Gasteiger partial charge in [0, 0.05) is 54.0 Å². The van der Waals surface area contributed by atoms with Gasteiger partial charge in [0.05, 0.1) is 18.4 Å². The first kappa shape index (κ1) is 28.9. The van der Waals surface area contributed by atoms with Gasteiger partial charge in [-0.1, -0.05) is 36.7 Å². The Morgan fingerprint density at radius 2 is 2.10 bits per heavy atom. The van der Waals surface area contributed by atoms with Crippen LogP contribution in [-0.4, -0.2) is 55.8 Å². The number of ether oxygens (including phenoxy) is 2. The lowest BCUT2D eigenvalue weighted by Gasteiger charge is -2.46. The summed E-state index contributed by atoms with van der Waals surface area (Å²) in [6.45, 7) is 4.47. The van der Waals surface area contributed by atoms with Crippen molar-refractivity contribution in [1.82, 2.24) is 4.72 Å². The summed E-state index contributed by atoms with van der Waals surface area (Å²) < 4.78 is 15.7. The maximum absolute atomic E-state index is 13.3. The van der Waals surface area contributed by atoms with E-state index < -0.39 is 0 Å². The third kappa shape index (κ3) is 5.88. The van der Waals surface area contributed by atoms with Crippen LogP contribution in [0.5, 0.6) is 5.75 Å². The van der Waals surface area contributed by atoms with Crippen molar-refractivity contribution in [2.24, 2.45) is 17.8 Å². The summed E-state index contributed by atoms with van der Waals surface area (Å²) >= 11 is 7.84. The van der Waals surface area contributed by atoms with Gasteiger partial charge in [0.25, 0.3) is 5.91 Å². The van der Waals surface area contributed by atoms with E-state index in [1.807, 2.05) is 24.3 Å². The van der Waals surface area contributed by atoms with Crippen molar-refractivity contribution in [2.75, 3.05) is 38.3 Å². The summed E-state index contributed by atoms with van der Waals surface area (Å²) in [5.41, 5.74) is 4.14. The number of benzene rings is 2. The van der Waals surface area contributed by atoms with Crippen molar-refractivity contribution in [3.8, 4) is 5.75 Å². The number of carbonyl (C=O) groups excluding carboxylic acids is 1. The van der Waals surface area contributed by atoms with Gasteiger partial charge in [-0.15, -0.1) is 0 Å². The highest BCUT2D eigenvalue weighted by Gasteiger charge is 2.44. The molecule has 2 bridgehead atoms. The van der Waals surface area contributed by atoms with Crippen LogP contribution in [-0.2, 0) is 16.6 Å². The van der Waals surface area contributed by atoms with Gasteiger partial charge in [-0.05, 0) is 104 Å². The highest BCUT2D eigenvalue weighted by molar-refractivity contribution is 7.98. The number of aryl methyl sites for hydroxylation is 1. The van der Waals surface area contributed by atoms with E-state index in [2.05, 4.69) is 40.8 Å². The molecule has 1 amide bonds. The van der Waals surface area contributed by atoms with Gasteiger partial charge in [-0.25, -0.2) is 0 Å². The molecule has 6 nitrogen and oxygen atoms in total. The van der Waals surface area contributed by atoms with Crippen LogP contribution in [0.15, 0.2) is 48.6 Å². The van der Waals surface area contributed by atoms with Crippen LogP contribution in [0.1, 0.15) is 60.5 Å². The summed E-state index contributed by atoms with van der Waals surface area (Å²) in [5, 5.41) is 11.0. The minimum absolute atomic E-state index is 0.0129. The standard InChI is InChI=1S/C33H41ClN2O4S/c1-21-14-22(18-37)5-11-30(39-2)27-9-6-25(27)17-36-19-33(13-3-4-23-15-26(34)8-10-28(23)33)20-40-31-12-7-24(16-29(31)36)32(38)35-41-21/h5,7-8,10-12,15-16,21-22,25,27,30,37H,3-4,6,9,13-14,17-20H2,1-2H3,(H,35,38)/b11-5-/t21-,22+,25+,27-,30+,33+/m1/s1. The number of carbonyl (C=O) groups is 1. The van der Waals surface area contributed by atoms with Crippen molar-refractivity contribution < 1.29 is 19.4 Å².